The minimum atomic E-state index is -1.18. The first-order valence-electron chi connectivity index (χ1n) is 14.4. The fourth-order valence-corrected chi connectivity index (χ4v) is 12.0. The molecule has 1 heterocycles. The van der Waals surface area contributed by atoms with Crippen molar-refractivity contribution < 1.29 is 24.9 Å². The molecule has 6 fully saturated rings. The summed E-state index contributed by atoms with van der Waals surface area (Å²) < 4.78 is 6.05. The molecule has 5 saturated carbocycles. The summed E-state index contributed by atoms with van der Waals surface area (Å²) in [5.74, 6) is -0.686. The molecule has 1 saturated heterocycles. The summed E-state index contributed by atoms with van der Waals surface area (Å²) in [5, 5.41) is 32.9. The maximum atomic E-state index is 12.3. The Bertz CT molecular complexity index is 951. The molecular weight excluding hydrogens is 440 g/mol. The van der Waals surface area contributed by atoms with Gasteiger partial charge in [-0.25, -0.2) is 0 Å². The van der Waals surface area contributed by atoms with Crippen LogP contribution in [0, 0.1) is 56.2 Å². The Balaban J connectivity index is 1.41. The number of hydrogen-bond acceptors (Lipinski definition) is 4. The molecule has 0 aromatic rings. The Kier molecular flexibility index (Phi) is 4.83. The van der Waals surface area contributed by atoms with E-state index in [2.05, 4.69) is 34.6 Å². The van der Waals surface area contributed by atoms with Crippen LogP contribution in [0.5, 0.6) is 0 Å². The number of carboxylic acids is 1. The van der Waals surface area contributed by atoms with Crippen LogP contribution in [0.25, 0.3) is 0 Å². The lowest BCUT2D eigenvalue weighted by molar-refractivity contribution is -0.285. The molecular formula is C30H48O5. The summed E-state index contributed by atoms with van der Waals surface area (Å²) in [6.45, 7) is 14.7. The largest absolute Gasteiger partial charge is 0.481 e. The van der Waals surface area contributed by atoms with Gasteiger partial charge in [0.2, 0.25) is 0 Å². The first kappa shape index (κ1) is 24.7. The van der Waals surface area contributed by atoms with Crippen LogP contribution in [-0.4, -0.2) is 39.8 Å². The van der Waals surface area contributed by atoms with E-state index in [1.54, 1.807) is 0 Å². The van der Waals surface area contributed by atoms with E-state index in [0.717, 1.165) is 44.9 Å². The van der Waals surface area contributed by atoms with Gasteiger partial charge < -0.3 is 20.1 Å². The molecule has 12 unspecified atom stereocenters. The van der Waals surface area contributed by atoms with E-state index < -0.39 is 23.3 Å². The molecule has 2 bridgehead atoms. The molecule has 6 aliphatic rings. The molecule has 1 aliphatic heterocycles. The maximum absolute atomic E-state index is 12.3. The number of aliphatic hydroxyl groups is 2. The van der Waals surface area contributed by atoms with Crippen LogP contribution < -0.4 is 0 Å². The van der Waals surface area contributed by atoms with Gasteiger partial charge in [0.25, 0.3) is 0 Å². The van der Waals surface area contributed by atoms with Gasteiger partial charge in [-0.3, -0.25) is 4.79 Å². The van der Waals surface area contributed by atoms with Crippen LogP contribution in [0.2, 0.25) is 0 Å². The highest BCUT2D eigenvalue weighted by molar-refractivity contribution is 5.74. The van der Waals surface area contributed by atoms with Crippen molar-refractivity contribution in [2.45, 2.75) is 118 Å². The molecule has 12 atom stereocenters. The van der Waals surface area contributed by atoms with Crippen LogP contribution in [0.4, 0.5) is 0 Å². The zero-order valence-corrected chi connectivity index (χ0v) is 22.8. The number of aliphatic carboxylic acids is 1. The first-order valence-corrected chi connectivity index (χ1v) is 14.4. The SMILES string of the molecule is CC1C2(O)CC(O)C3C4(C)CCC5(C)C6CC(C)(C(=O)O)CCC6(C)CCC5(C)C4CCC13CO2. The second-order valence-electron chi connectivity index (χ2n) is 15.5. The average Bonchev–Trinajstić information content (AvgIpc) is 2.93. The third-order valence-electron chi connectivity index (χ3n) is 14.5. The van der Waals surface area contributed by atoms with E-state index in [1.807, 2.05) is 6.92 Å². The molecule has 0 aromatic carbocycles. The van der Waals surface area contributed by atoms with E-state index in [0.29, 0.717) is 24.9 Å². The number of ether oxygens (including phenoxy) is 1. The van der Waals surface area contributed by atoms with Gasteiger partial charge in [0.05, 0.1) is 18.1 Å². The zero-order valence-electron chi connectivity index (χ0n) is 22.8. The molecule has 5 heteroatoms. The number of carboxylic acid groups (broad SMARTS) is 1. The zero-order chi connectivity index (χ0) is 25.4. The summed E-state index contributed by atoms with van der Waals surface area (Å²) in [5.41, 5.74) is -0.307. The number of carbonyl (C=O) groups is 1. The fraction of sp³-hybridized carbons (Fsp3) is 0.967. The molecule has 0 amide bonds. The molecule has 5 nitrogen and oxygen atoms in total. The second-order valence-corrected chi connectivity index (χ2v) is 15.5. The van der Waals surface area contributed by atoms with Crippen molar-refractivity contribution >= 4 is 5.97 Å². The van der Waals surface area contributed by atoms with Crippen LogP contribution in [-0.2, 0) is 9.53 Å². The Morgan fingerprint density at radius 1 is 0.857 bits per heavy atom. The Morgan fingerprint density at radius 3 is 2.17 bits per heavy atom. The monoisotopic (exact) mass is 488 g/mol. The van der Waals surface area contributed by atoms with Gasteiger partial charge in [-0.15, -0.1) is 0 Å². The van der Waals surface area contributed by atoms with E-state index >= 15 is 0 Å². The minimum Gasteiger partial charge on any atom is -0.481 e. The molecule has 35 heavy (non-hydrogen) atoms. The number of aliphatic hydroxyl groups excluding tert-OH is 1. The average molecular weight is 489 g/mol. The molecule has 0 aromatic heterocycles. The fourth-order valence-electron chi connectivity index (χ4n) is 12.0. The molecule has 1 spiro atoms. The topological polar surface area (TPSA) is 87.0 Å². The highest BCUT2D eigenvalue weighted by atomic mass is 16.6. The summed E-state index contributed by atoms with van der Waals surface area (Å²) in [4.78, 5) is 12.3. The smallest absolute Gasteiger partial charge is 0.309 e. The maximum Gasteiger partial charge on any atom is 0.309 e. The second kappa shape index (κ2) is 6.86. The lowest BCUT2D eigenvalue weighted by Crippen LogP contribution is -2.70. The van der Waals surface area contributed by atoms with Gasteiger partial charge in [-0.2, -0.15) is 0 Å². The van der Waals surface area contributed by atoms with Gasteiger partial charge in [-0.05, 0) is 104 Å². The van der Waals surface area contributed by atoms with Crippen LogP contribution in [0.1, 0.15) is 106 Å². The Hall–Kier alpha value is -0.650. The third kappa shape index (κ3) is 2.69. The lowest BCUT2D eigenvalue weighted by atomic mass is 9.30. The van der Waals surface area contributed by atoms with Crippen molar-refractivity contribution in [1.29, 1.82) is 0 Å². The highest BCUT2D eigenvalue weighted by Crippen LogP contribution is 2.79. The quantitative estimate of drug-likeness (QED) is 0.446. The Labute approximate surface area is 211 Å². The van der Waals surface area contributed by atoms with E-state index in [4.69, 9.17) is 4.74 Å². The first-order chi connectivity index (χ1) is 16.1. The van der Waals surface area contributed by atoms with E-state index in [1.165, 1.54) is 12.8 Å². The van der Waals surface area contributed by atoms with Gasteiger partial charge in [0.1, 0.15) is 0 Å². The van der Waals surface area contributed by atoms with Crippen LogP contribution in [0.3, 0.4) is 0 Å². The lowest BCUT2D eigenvalue weighted by Gasteiger charge is -2.75. The molecule has 5 aliphatic carbocycles. The molecule has 3 N–H and O–H groups in total. The predicted octanol–water partition coefficient (Wildman–Crippen LogP) is 5.62. The van der Waals surface area contributed by atoms with Gasteiger partial charge in [0, 0.05) is 17.8 Å². The van der Waals surface area contributed by atoms with Crippen molar-refractivity contribution in [3.05, 3.63) is 0 Å². The third-order valence-corrected chi connectivity index (χ3v) is 14.5. The Morgan fingerprint density at radius 2 is 1.49 bits per heavy atom. The van der Waals surface area contributed by atoms with E-state index in [-0.39, 0.29) is 38.9 Å². The summed E-state index contributed by atoms with van der Waals surface area (Å²) in [6.07, 6.45) is 9.10. The number of fused-ring (bicyclic) bond motifs is 7. The molecule has 198 valence electrons. The van der Waals surface area contributed by atoms with E-state index in [9.17, 15) is 20.1 Å². The highest BCUT2D eigenvalue weighted by Gasteiger charge is 2.75. The minimum absolute atomic E-state index is 0.00766. The van der Waals surface area contributed by atoms with Crippen molar-refractivity contribution in [2.24, 2.45) is 56.2 Å². The molecule has 0 radical (unpaired) electrons. The summed E-state index contributed by atoms with van der Waals surface area (Å²) in [7, 11) is 0. The van der Waals surface area contributed by atoms with Crippen molar-refractivity contribution in [3.8, 4) is 0 Å². The van der Waals surface area contributed by atoms with Crippen LogP contribution >= 0.6 is 0 Å². The normalized spacial score (nSPS) is 63.4. The van der Waals surface area contributed by atoms with Crippen molar-refractivity contribution in [1.82, 2.24) is 0 Å². The van der Waals surface area contributed by atoms with Crippen molar-refractivity contribution in [2.75, 3.05) is 6.61 Å². The summed E-state index contributed by atoms with van der Waals surface area (Å²) in [6, 6.07) is 0. The van der Waals surface area contributed by atoms with Crippen molar-refractivity contribution in [3.63, 3.8) is 0 Å². The standard InChI is InChI=1S/C30H48O5/c1-18-29-8-7-20-26(4,22(29)19(31)15-30(18,34)35-17-29)12-14-28(6)21-16-25(3,23(32)33)10-9-24(21,2)11-13-27(20,28)5/h18-22,31,34H,7-17H2,1-6H3,(H,32,33). The van der Waals surface area contributed by atoms with Gasteiger partial charge in [0.15, 0.2) is 5.79 Å². The number of rotatable bonds is 1. The predicted molar refractivity (Wildman–Crippen MR) is 133 cm³/mol. The summed E-state index contributed by atoms with van der Waals surface area (Å²) >= 11 is 0. The van der Waals surface area contributed by atoms with Gasteiger partial charge in [-0.1, -0.05) is 34.6 Å². The van der Waals surface area contributed by atoms with Gasteiger partial charge >= 0.3 is 5.97 Å². The molecule has 6 rings (SSSR count). The number of hydrogen-bond donors (Lipinski definition) is 3. The van der Waals surface area contributed by atoms with Crippen LogP contribution in [0.15, 0.2) is 0 Å².